The van der Waals surface area contributed by atoms with Gasteiger partial charge in [-0.3, -0.25) is 4.79 Å². The number of aliphatic hydroxyl groups is 13. The molecule has 5 saturated heterocycles. The van der Waals surface area contributed by atoms with Crippen LogP contribution in [0.3, 0.4) is 0 Å². The second-order valence-electron chi connectivity index (χ2n) is 28.3. The molecule has 10 rings (SSSR count). The molecule has 5 aliphatic carbocycles. The van der Waals surface area contributed by atoms with Crippen LogP contribution in [0.2, 0.25) is 0 Å². The molecule has 13 N–H and O–H groups in total. The number of aliphatic hydroxyl groups excluding tert-OH is 13. The fourth-order valence-corrected chi connectivity index (χ4v) is 18.6. The maximum Gasteiger partial charge on any atom is 0.306 e. The van der Waals surface area contributed by atoms with Crippen molar-refractivity contribution in [3.63, 3.8) is 0 Å². The van der Waals surface area contributed by atoms with Crippen molar-refractivity contribution in [3.05, 3.63) is 0 Å². The Bertz CT molecular complexity index is 2230. The minimum absolute atomic E-state index is 0.0503. The molecule has 5 aliphatic heterocycles. The van der Waals surface area contributed by atoms with Crippen molar-refractivity contribution in [2.75, 3.05) is 26.4 Å². The molecular weight excluding hydrogens is 1080 g/mol. The van der Waals surface area contributed by atoms with E-state index in [4.69, 9.17) is 47.4 Å². The van der Waals surface area contributed by atoms with Gasteiger partial charge in [-0.2, -0.15) is 0 Å². The SMILES string of the molecule is CCCCCC(=O)O[C@H]1CC(C)(C)C[C@@H]2[C@@]13[C@H](O)C[C@]1(C)[C@@]2(CC[C@@H]2[C@@]4(C)CC[C@H](O[C@@H]5OC[C@H](O[C@@H]6O[C@H](CO)[C@@H](O)[C@H](O)[C@H]6O[C@@H]6OCC(O)C(O)C6O)[C@H](O)[C@H]5O[C@@H]5O[C@H](CO)[C@@H](O)[C@H](O)[C@H]5O)C(C)(C)[C@@H]4CC[C@]21C)O[C@H]3O. The smallest absolute Gasteiger partial charge is 0.306 e. The summed E-state index contributed by atoms with van der Waals surface area (Å²) in [6.07, 6.45) is -25.3. The fraction of sp³-hybridized carbons (Fsp3) is 0.983. The van der Waals surface area contributed by atoms with Crippen molar-refractivity contribution < 1.29 is 119 Å². The molecule has 5 heterocycles. The van der Waals surface area contributed by atoms with Gasteiger partial charge >= 0.3 is 5.97 Å². The van der Waals surface area contributed by atoms with E-state index >= 15 is 0 Å². The number of carbonyl (C=O) groups is 1. The highest BCUT2D eigenvalue weighted by molar-refractivity contribution is 5.69. The van der Waals surface area contributed by atoms with Gasteiger partial charge in [-0.25, -0.2) is 0 Å². The molecule has 0 aromatic rings. The van der Waals surface area contributed by atoms with Gasteiger partial charge in [0.05, 0.1) is 49.7 Å². The van der Waals surface area contributed by atoms with E-state index < -0.39 is 183 Å². The number of hydrogen-bond acceptors (Lipinski definition) is 24. The van der Waals surface area contributed by atoms with Crippen molar-refractivity contribution in [1.82, 2.24) is 0 Å². The van der Waals surface area contributed by atoms with Gasteiger partial charge < -0.3 is 114 Å². The van der Waals surface area contributed by atoms with Crippen molar-refractivity contribution >= 4 is 5.97 Å². The zero-order valence-electron chi connectivity index (χ0n) is 48.8. The van der Waals surface area contributed by atoms with Crippen LogP contribution in [-0.4, -0.2) is 240 Å². The molecule has 24 heteroatoms. The quantitative estimate of drug-likeness (QED) is 0.0550. The van der Waals surface area contributed by atoms with Crippen LogP contribution in [0.1, 0.15) is 139 Å². The molecule has 0 aromatic heterocycles. The summed E-state index contributed by atoms with van der Waals surface area (Å²) in [6.45, 7) is 15.3. The van der Waals surface area contributed by atoms with Crippen LogP contribution in [0.15, 0.2) is 0 Å². The van der Waals surface area contributed by atoms with Gasteiger partial charge in [0.15, 0.2) is 31.5 Å². The molecule has 0 amide bonds. The summed E-state index contributed by atoms with van der Waals surface area (Å²) in [5, 5.41) is 144. The summed E-state index contributed by atoms with van der Waals surface area (Å²) in [5.41, 5.74) is -4.12. The molecule has 5 saturated carbocycles. The van der Waals surface area contributed by atoms with E-state index in [1.165, 1.54) is 0 Å². The lowest BCUT2D eigenvalue weighted by molar-refractivity contribution is -0.392. The van der Waals surface area contributed by atoms with Gasteiger partial charge in [0.1, 0.15) is 91.6 Å². The van der Waals surface area contributed by atoms with Gasteiger partial charge in [-0.05, 0) is 97.7 Å². The van der Waals surface area contributed by atoms with E-state index in [-0.39, 0.29) is 46.4 Å². The van der Waals surface area contributed by atoms with Crippen LogP contribution in [0.4, 0.5) is 0 Å². The highest BCUT2D eigenvalue weighted by Crippen LogP contribution is 2.81. The first kappa shape index (κ1) is 63.6. The van der Waals surface area contributed by atoms with Gasteiger partial charge in [-0.1, -0.05) is 68.2 Å². The molecule has 0 aromatic carbocycles. The normalized spacial score (nSPS) is 54.2. The molecule has 0 radical (unpaired) electrons. The summed E-state index contributed by atoms with van der Waals surface area (Å²) < 4.78 is 62.4. The number of rotatable bonds is 15. The Morgan fingerprint density at radius 2 is 1.18 bits per heavy atom. The van der Waals surface area contributed by atoms with Crippen molar-refractivity contribution in [2.24, 2.45) is 50.2 Å². The van der Waals surface area contributed by atoms with Gasteiger partial charge in [0.25, 0.3) is 0 Å². The second-order valence-corrected chi connectivity index (χ2v) is 28.3. The molecule has 30 atom stereocenters. The Morgan fingerprint density at radius 1 is 0.561 bits per heavy atom. The van der Waals surface area contributed by atoms with Gasteiger partial charge in [0.2, 0.25) is 0 Å². The highest BCUT2D eigenvalue weighted by Gasteiger charge is 2.84. The van der Waals surface area contributed by atoms with Crippen LogP contribution in [0.25, 0.3) is 0 Å². The van der Waals surface area contributed by atoms with E-state index in [1.54, 1.807) is 0 Å². The average molecular weight is 1180 g/mol. The number of esters is 1. The molecule has 82 heavy (non-hydrogen) atoms. The molecule has 472 valence electrons. The Hall–Kier alpha value is -1.41. The van der Waals surface area contributed by atoms with E-state index in [2.05, 4.69) is 55.4 Å². The summed E-state index contributed by atoms with van der Waals surface area (Å²) >= 11 is 0. The molecule has 3 unspecified atom stereocenters. The zero-order chi connectivity index (χ0) is 59.6. The minimum atomic E-state index is -1.91. The van der Waals surface area contributed by atoms with Gasteiger partial charge in [-0.15, -0.1) is 0 Å². The van der Waals surface area contributed by atoms with Crippen LogP contribution in [0.5, 0.6) is 0 Å². The van der Waals surface area contributed by atoms with Crippen LogP contribution < -0.4 is 0 Å². The number of unbranched alkanes of at least 4 members (excludes halogenated alkanes) is 2. The number of fused-ring (bicyclic) bond motifs is 4. The first-order chi connectivity index (χ1) is 38.5. The maximum atomic E-state index is 13.5. The zero-order valence-corrected chi connectivity index (χ0v) is 48.8. The lowest BCUT2D eigenvalue weighted by Gasteiger charge is -2.75. The monoisotopic (exact) mass is 1180 g/mol. The Balaban J connectivity index is 0.899. The van der Waals surface area contributed by atoms with Crippen molar-refractivity contribution in [3.8, 4) is 0 Å². The molecule has 2 bridgehead atoms. The third kappa shape index (κ3) is 9.99. The summed E-state index contributed by atoms with van der Waals surface area (Å²) in [7, 11) is 0. The van der Waals surface area contributed by atoms with Crippen molar-refractivity contribution in [2.45, 2.75) is 280 Å². The molecule has 1 spiro atoms. The lowest BCUT2D eigenvalue weighted by atomic mass is 9.30. The molecular formula is C58H96O24. The van der Waals surface area contributed by atoms with Crippen LogP contribution >= 0.6 is 0 Å². The number of ether oxygens (including phenoxy) is 10. The Labute approximate surface area is 479 Å². The third-order valence-electron chi connectivity index (χ3n) is 23.1. The first-order valence-corrected chi connectivity index (χ1v) is 30.3. The van der Waals surface area contributed by atoms with E-state index in [0.717, 1.165) is 32.1 Å². The minimum Gasteiger partial charge on any atom is -0.461 e. The van der Waals surface area contributed by atoms with E-state index in [9.17, 15) is 71.2 Å². The van der Waals surface area contributed by atoms with E-state index in [1.807, 2.05) is 0 Å². The van der Waals surface area contributed by atoms with Gasteiger partial charge in [0, 0.05) is 17.8 Å². The largest absolute Gasteiger partial charge is 0.461 e. The second kappa shape index (κ2) is 23.2. The predicted molar refractivity (Wildman–Crippen MR) is 281 cm³/mol. The van der Waals surface area contributed by atoms with Crippen molar-refractivity contribution in [1.29, 1.82) is 0 Å². The summed E-state index contributed by atoms with van der Waals surface area (Å²) in [5.74, 6) is -0.405. The lowest BCUT2D eigenvalue weighted by Crippen LogP contribution is -2.75. The fourth-order valence-electron chi connectivity index (χ4n) is 18.6. The van der Waals surface area contributed by atoms with E-state index in [0.29, 0.717) is 44.9 Å². The maximum absolute atomic E-state index is 13.5. The predicted octanol–water partition coefficient (Wildman–Crippen LogP) is -0.652. The molecule has 10 fully saturated rings. The Morgan fingerprint density at radius 3 is 1.87 bits per heavy atom. The van der Waals surface area contributed by atoms with Crippen LogP contribution in [-0.2, 0) is 52.2 Å². The topological polar surface area (TPSA) is 372 Å². The average Bonchev–Trinajstić information content (AvgIpc) is 1.38. The molecule has 24 nitrogen and oxygen atoms in total. The third-order valence-corrected chi connectivity index (χ3v) is 23.1. The number of carbonyl (C=O) groups excluding carboxylic acids is 1. The summed E-state index contributed by atoms with van der Waals surface area (Å²) in [6, 6.07) is 0. The number of hydrogen-bond donors (Lipinski definition) is 13. The highest BCUT2D eigenvalue weighted by atomic mass is 16.8. The molecule has 10 aliphatic rings. The first-order valence-electron chi connectivity index (χ1n) is 30.3. The standard InChI is InChI=1S/C58H96O24/c1-9-10-11-12-36(63)78-35-21-52(2,3)19-32-57-18-14-31-54(6)16-15-34(53(4,5)30(54)13-17-55(31,7)56(57,8)20-33(62)58(32,35)51(72)82-57)79-49-45(81-48-44(71)41(68)38(65)27(22-59)75-48)40(67)29(25-74-49)77-50-46(42(69)39(66)28(23-60)76-50)80-47-43(70)37(64)26(61)24-73-47/h26-35,37-51,59-62,64-72H,9-25H2,1-8H3/t26?,27-,28-,29+,30+,31-,32+,33-,34+,35+,37?,38-,39-,40+,41+,42+,43?,44-,45-,46-,47+,48+,49+,50+,51-,54+,55-,56+,57+,58-/m1/s1. The summed E-state index contributed by atoms with van der Waals surface area (Å²) in [4.78, 5) is 13.5. The Kier molecular flexibility index (Phi) is 18.0. The van der Waals surface area contributed by atoms with Crippen LogP contribution in [0, 0.1) is 50.2 Å².